The Kier molecular flexibility index (Phi) is 5.68. The van der Waals surface area contributed by atoms with Gasteiger partial charge in [-0.05, 0) is 55.4 Å². The van der Waals surface area contributed by atoms with Gasteiger partial charge in [0, 0.05) is 18.7 Å². The fraction of sp³-hybridized carbons (Fsp3) is 0.588. The van der Waals surface area contributed by atoms with E-state index >= 15 is 0 Å². The molecule has 1 N–H and O–H groups in total. The molecule has 2 rings (SSSR count). The lowest BCUT2D eigenvalue weighted by molar-refractivity contribution is 0.0952. The van der Waals surface area contributed by atoms with Crippen molar-refractivity contribution in [3.05, 3.63) is 29.3 Å². The molecule has 0 saturated heterocycles. The van der Waals surface area contributed by atoms with Crippen molar-refractivity contribution in [3.63, 3.8) is 0 Å². The summed E-state index contributed by atoms with van der Waals surface area (Å²) >= 11 is 0. The van der Waals surface area contributed by atoms with E-state index in [2.05, 4.69) is 19.2 Å². The predicted molar refractivity (Wildman–Crippen MR) is 93.4 cm³/mol. The van der Waals surface area contributed by atoms with Crippen molar-refractivity contribution in [3.8, 4) is 0 Å². The molecular formula is C17H26N2O3S. The summed E-state index contributed by atoms with van der Waals surface area (Å²) in [6.45, 7) is 5.51. The topological polar surface area (TPSA) is 66.5 Å². The Morgan fingerprint density at radius 1 is 1.35 bits per heavy atom. The maximum atomic E-state index is 12.2. The number of fused-ring (bicyclic) bond motifs is 1. The molecule has 1 aromatic carbocycles. The zero-order chi connectivity index (χ0) is 17.0. The monoisotopic (exact) mass is 338 g/mol. The summed E-state index contributed by atoms with van der Waals surface area (Å²) in [6, 6.07) is 5.28. The fourth-order valence-electron chi connectivity index (χ4n) is 2.86. The minimum absolute atomic E-state index is 0.0898. The van der Waals surface area contributed by atoms with Gasteiger partial charge >= 0.3 is 0 Å². The van der Waals surface area contributed by atoms with Crippen LogP contribution in [0.3, 0.4) is 0 Å². The van der Waals surface area contributed by atoms with Gasteiger partial charge in [0.2, 0.25) is 10.0 Å². The summed E-state index contributed by atoms with van der Waals surface area (Å²) in [5.41, 5.74) is 2.23. The van der Waals surface area contributed by atoms with E-state index in [1.807, 2.05) is 6.07 Å². The van der Waals surface area contributed by atoms with Gasteiger partial charge in [0.1, 0.15) is 0 Å². The average molecular weight is 338 g/mol. The van der Waals surface area contributed by atoms with Gasteiger partial charge in [-0.25, -0.2) is 8.42 Å². The molecule has 0 fully saturated rings. The van der Waals surface area contributed by atoms with Crippen LogP contribution in [0, 0.1) is 5.92 Å². The lowest BCUT2D eigenvalue weighted by Crippen LogP contribution is -2.34. The predicted octanol–water partition coefficient (Wildman–Crippen LogP) is 2.56. The fourth-order valence-corrected chi connectivity index (χ4v) is 3.86. The van der Waals surface area contributed by atoms with Crippen molar-refractivity contribution in [2.75, 3.05) is 23.7 Å². The molecular weight excluding hydrogens is 312 g/mol. The van der Waals surface area contributed by atoms with Crippen LogP contribution in [0.15, 0.2) is 18.2 Å². The highest BCUT2D eigenvalue weighted by molar-refractivity contribution is 7.92. The van der Waals surface area contributed by atoms with E-state index in [4.69, 9.17) is 0 Å². The molecule has 1 heterocycles. The highest BCUT2D eigenvalue weighted by atomic mass is 32.2. The molecule has 6 heteroatoms. The van der Waals surface area contributed by atoms with E-state index < -0.39 is 10.0 Å². The van der Waals surface area contributed by atoms with Crippen LogP contribution >= 0.6 is 0 Å². The first kappa shape index (κ1) is 17.8. The average Bonchev–Trinajstić information content (AvgIpc) is 2.49. The Morgan fingerprint density at radius 3 is 2.74 bits per heavy atom. The second-order valence-corrected chi connectivity index (χ2v) is 8.48. The molecule has 1 aromatic rings. The van der Waals surface area contributed by atoms with Gasteiger partial charge < -0.3 is 5.32 Å². The first-order valence-electron chi connectivity index (χ1n) is 8.18. The SMILES string of the molecule is CC(C)CCCNC(=O)c1ccc2c(c1)CCCN2S(C)(=O)=O. The van der Waals surface area contributed by atoms with Crippen LogP contribution in [0.1, 0.15) is 49.0 Å². The van der Waals surface area contributed by atoms with Crippen molar-refractivity contribution in [1.82, 2.24) is 5.32 Å². The lowest BCUT2D eigenvalue weighted by atomic mass is 10.0. The molecule has 0 bridgehead atoms. The third-order valence-corrected chi connectivity index (χ3v) is 5.24. The van der Waals surface area contributed by atoms with E-state index in [1.165, 1.54) is 10.6 Å². The van der Waals surface area contributed by atoms with Crippen LogP contribution in [0.4, 0.5) is 5.69 Å². The van der Waals surface area contributed by atoms with Crippen LogP contribution in [-0.4, -0.2) is 33.7 Å². The molecule has 0 aliphatic carbocycles. The molecule has 1 aliphatic rings. The highest BCUT2D eigenvalue weighted by Crippen LogP contribution is 2.29. The van der Waals surface area contributed by atoms with Crippen LogP contribution in [0.25, 0.3) is 0 Å². The van der Waals surface area contributed by atoms with Crippen molar-refractivity contribution in [2.24, 2.45) is 5.92 Å². The molecule has 5 nitrogen and oxygen atoms in total. The number of carbonyl (C=O) groups excluding carboxylic acids is 1. The summed E-state index contributed by atoms with van der Waals surface area (Å²) in [4.78, 5) is 12.2. The summed E-state index contributed by atoms with van der Waals surface area (Å²) in [5, 5.41) is 2.93. The summed E-state index contributed by atoms with van der Waals surface area (Å²) < 4.78 is 25.1. The van der Waals surface area contributed by atoms with Gasteiger partial charge in [-0.1, -0.05) is 13.8 Å². The smallest absolute Gasteiger partial charge is 0.251 e. The Balaban J connectivity index is 2.07. The Hall–Kier alpha value is -1.56. The Bertz CT molecular complexity index is 668. The van der Waals surface area contributed by atoms with Gasteiger partial charge in [0.05, 0.1) is 11.9 Å². The normalized spacial score (nSPS) is 14.7. The maximum absolute atomic E-state index is 12.2. The number of anilines is 1. The van der Waals surface area contributed by atoms with Crippen molar-refractivity contribution < 1.29 is 13.2 Å². The molecule has 0 unspecified atom stereocenters. The molecule has 1 amide bonds. The number of aryl methyl sites for hydroxylation is 1. The number of hydrogen-bond acceptors (Lipinski definition) is 3. The number of rotatable bonds is 6. The Labute approximate surface area is 139 Å². The van der Waals surface area contributed by atoms with Gasteiger partial charge in [0.15, 0.2) is 0 Å². The van der Waals surface area contributed by atoms with E-state index in [0.29, 0.717) is 30.3 Å². The van der Waals surface area contributed by atoms with Crippen LogP contribution in [-0.2, 0) is 16.4 Å². The van der Waals surface area contributed by atoms with Crippen molar-refractivity contribution in [1.29, 1.82) is 0 Å². The van der Waals surface area contributed by atoms with E-state index in [-0.39, 0.29) is 5.91 Å². The molecule has 0 radical (unpaired) electrons. The van der Waals surface area contributed by atoms with Crippen LogP contribution in [0.5, 0.6) is 0 Å². The number of sulfonamides is 1. The maximum Gasteiger partial charge on any atom is 0.251 e. The summed E-state index contributed by atoms with van der Waals surface area (Å²) in [5.74, 6) is 0.547. The summed E-state index contributed by atoms with van der Waals surface area (Å²) in [7, 11) is -3.27. The highest BCUT2D eigenvalue weighted by Gasteiger charge is 2.24. The second-order valence-electron chi connectivity index (χ2n) is 6.57. The standard InChI is InChI=1S/C17H26N2O3S/c1-13(2)6-4-10-18-17(20)15-8-9-16-14(12-15)7-5-11-19(16)23(3,21)22/h8-9,12-13H,4-7,10-11H2,1-3H3,(H,18,20). The zero-order valence-electron chi connectivity index (χ0n) is 14.1. The molecule has 0 aromatic heterocycles. The minimum Gasteiger partial charge on any atom is -0.352 e. The number of amides is 1. The van der Waals surface area contributed by atoms with Gasteiger partial charge in [-0.3, -0.25) is 9.10 Å². The van der Waals surface area contributed by atoms with Crippen molar-refractivity contribution in [2.45, 2.75) is 39.5 Å². The summed E-state index contributed by atoms with van der Waals surface area (Å²) in [6.07, 6.45) is 4.86. The number of nitrogens with one attached hydrogen (secondary N) is 1. The van der Waals surface area contributed by atoms with Crippen LogP contribution < -0.4 is 9.62 Å². The first-order chi connectivity index (χ1) is 10.8. The van der Waals surface area contributed by atoms with Crippen LogP contribution in [0.2, 0.25) is 0 Å². The number of benzene rings is 1. The number of nitrogens with zero attached hydrogens (tertiary/aromatic N) is 1. The van der Waals surface area contributed by atoms with E-state index in [9.17, 15) is 13.2 Å². The lowest BCUT2D eigenvalue weighted by Gasteiger charge is -2.29. The first-order valence-corrected chi connectivity index (χ1v) is 10.0. The van der Waals surface area contributed by atoms with Crippen molar-refractivity contribution >= 4 is 21.6 Å². The molecule has 1 aliphatic heterocycles. The third kappa shape index (κ3) is 4.70. The van der Waals surface area contributed by atoms with E-state index in [0.717, 1.165) is 31.2 Å². The minimum atomic E-state index is -3.27. The third-order valence-electron chi connectivity index (χ3n) is 4.06. The Morgan fingerprint density at radius 2 is 2.09 bits per heavy atom. The van der Waals surface area contributed by atoms with Gasteiger partial charge in [-0.15, -0.1) is 0 Å². The number of hydrogen-bond donors (Lipinski definition) is 1. The van der Waals surface area contributed by atoms with E-state index in [1.54, 1.807) is 12.1 Å². The number of carbonyl (C=O) groups is 1. The largest absolute Gasteiger partial charge is 0.352 e. The zero-order valence-corrected chi connectivity index (χ0v) is 14.9. The molecule has 0 atom stereocenters. The second kappa shape index (κ2) is 7.34. The molecule has 128 valence electrons. The quantitative estimate of drug-likeness (QED) is 0.811. The van der Waals surface area contributed by atoms with Gasteiger partial charge in [0.25, 0.3) is 5.91 Å². The van der Waals surface area contributed by atoms with Gasteiger partial charge in [-0.2, -0.15) is 0 Å². The molecule has 23 heavy (non-hydrogen) atoms. The molecule has 0 spiro atoms. The molecule has 0 saturated carbocycles.